The van der Waals surface area contributed by atoms with Crippen LogP contribution in [0, 0.1) is 0 Å². The van der Waals surface area contributed by atoms with Crippen LogP contribution >= 0.6 is 34.7 Å². The van der Waals surface area contributed by atoms with Crippen molar-refractivity contribution in [3.05, 3.63) is 59.0 Å². The summed E-state index contributed by atoms with van der Waals surface area (Å²) < 4.78 is 32.0. The fraction of sp³-hybridized carbons (Fsp3) is 0.188. The third-order valence-corrected chi connectivity index (χ3v) is 7.23. The average Bonchev–Trinajstić information content (AvgIpc) is 3.34. The van der Waals surface area contributed by atoms with Crippen LogP contribution in [-0.2, 0) is 15.8 Å². The Balaban J connectivity index is 1.50. The quantitative estimate of drug-likeness (QED) is 0.373. The van der Waals surface area contributed by atoms with Crippen molar-refractivity contribution in [2.75, 3.05) is 17.6 Å². The molecule has 2 aromatic heterocycles. The molecule has 2 heterocycles. The minimum Gasteiger partial charge on any atom is -0.468 e. The molecule has 0 saturated heterocycles. The first kappa shape index (κ1) is 20.8. The highest BCUT2D eigenvalue weighted by atomic mass is 35.5. The molecule has 1 amide bonds. The van der Waals surface area contributed by atoms with Gasteiger partial charge in [-0.05, 0) is 36.4 Å². The summed E-state index contributed by atoms with van der Waals surface area (Å²) in [6.07, 6.45) is 1.59. The molecule has 0 atom stereocenters. The van der Waals surface area contributed by atoms with Crippen molar-refractivity contribution in [2.24, 2.45) is 0 Å². The first-order chi connectivity index (χ1) is 13.4. The number of nitrogens with zero attached hydrogens (tertiary/aromatic N) is 2. The summed E-state index contributed by atoms with van der Waals surface area (Å²) >= 11 is 8.10. The molecule has 0 bridgehead atoms. The van der Waals surface area contributed by atoms with Gasteiger partial charge in [0.15, 0.2) is 0 Å². The van der Waals surface area contributed by atoms with Crippen LogP contribution in [0.5, 0.6) is 0 Å². The van der Waals surface area contributed by atoms with Gasteiger partial charge >= 0.3 is 0 Å². The number of sulfonamides is 1. The Bertz CT molecular complexity index is 1020. The molecule has 0 aliphatic heterocycles. The third kappa shape index (κ3) is 5.79. The lowest BCUT2D eigenvalue weighted by molar-refractivity contribution is 0.102. The second-order valence-corrected chi connectivity index (χ2v) is 9.82. The number of anilines is 1. The fourth-order valence-corrected chi connectivity index (χ4v) is 5.00. The number of hydrogen-bond donors (Lipinski definition) is 2. The van der Waals surface area contributed by atoms with Crippen molar-refractivity contribution in [1.29, 1.82) is 0 Å². The standard InChI is InChI=1S/C16H15ClN4O4S3/c17-12-5-3-11(4-6-12)14(22)19-15-20-21-16(27-15)28(23,24)18-7-9-26-10-13-2-1-8-25-13/h1-6,8,18H,7,9-10H2,(H,19,20,22). The third-order valence-electron chi connectivity index (χ3n) is 3.33. The summed E-state index contributed by atoms with van der Waals surface area (Å²) in [7, 11) is -3.79. The first-order valence-electron chi connectivity index (χ1n) is 7.94. The lowest BCUT2D eigenvalue weighted by atomic mass is 10.2. The largest absolute Gasteiger partial charge is 0.468 e. The maximum atomic E-state index is 12.3. The van der Waals surface area contributed by atoms with Gasteiger partial charge in [-0.2, -0.15) is 11.8 Å². The van der Waals surface area contributed by atoms with Gasteiger partial charge in [-0.1, -0.05) is 22.9 Å². The van der Waals surface area contributed by atoms with E-state index in [9.17, 15) is 13.2 Å². The number of carbonyl (C=O) groups excluding carboxylic acids is 1. The molecule has 148 valence electrons. The van der Waals surface area contributed by atoms with Gasteiger partial charge in [0.05, 0.1) is 12.0 Å². The van der Waals surface area contributed by atoms with Crippen LogP contribution in [0.3, 0.4) is 0 Å². The normalized spacial score (nSPS) is 11.5. The second kappa shape index (κ2) is 9.52. The number of nitrogens with one attached hydrogen (secondary N) is 2. The monoisotopic (exact) mass is 458 g/mol. The van der Waals surface area contributed by atoms with E-state index < -0.39 is 15.9 Å². The Morgan fingerprint density at radius 3 is 2.71 bits per heavy atom. The highest BCUT2D eigenvalue weighted by Gasteiger charge is 2.20. The zero-order chi connectivity index (χ0) is 20.0. The molecule has 0 saturated carbocycles. The molecule has 0 fully saturated rings. The number of thioether (sulfide) groups is 1. The molecule has 12 heteroatoms. The second-order valence-electron chi connectivity index (χ2n) is 5.36. The predicted molar refractivity (Wildman–Crippen MR) is 109 cm³/mol. The Hall–Kier alpha value is -1.92. The van der Waals surface area contributed by atoms with E-state index in [1.807, 2.05) is 6.07 Å². The summed E-state index contributed by atoms with van der Waals surface area (Å²) in [5, 5.41) is 10.5. The Morgan fingerprint density at radius 2 is 2.00 bits per heavy atom. The minimum atomic E-state index is -3.79. The number of carbonyl (C=O) groups is 1. The molecule has 8 nitrogen and oxygen atoms in total. The Morgan fingerprint density at radius 1 is 1.21 bits per heavy atom. The van der Waals surface area contributed by atoms with E-state index in [2.05, 4.69) is 20.2 Å². The number of amides is 1. The molecule has 28 heavy (non-hydrogen) atoms. The maximum absolute atomic E-state index is 12.3. The SMILES string of the molecule is O=C(Nc1nnc(S(=O)(=O)NCCSCc2ccco2)s1)c1ccc(Cl)cc1. The van der Waals surface area contributed by atoms with Gasteiger partial charge < -0.3 is 4.42 Å². The van der Waals surface area contributed by atoms with Crippen molar-refractivity contribution in [1.82, 2.24) is 14.9 Å². The molecule has 0 radical (unpaired) electrons. The summed E-state index contributed by atoms with van der Waals surface area (Å²) in [4.78, 5) is 12.1. The van der Waals surface area contributed by atoms with E-state index in [4.69, 9.17) is 16.0 Å². The molecule has 1 aromatic carbocycles. The Kier molecular flexibility index (Phi) is 7.08. The number of furan rings is 1. The van der Waals surface area contributed by atoms with Crippen molar-refractivity contribution in [2.45, 2.75) is 10.1 Å². The van der Waals surface area contributed by atoms with Crippen molar-refractivity contribution in [3.63, 3.8) is 0 Å². The van der Waals surface area contributed by atoms with E-state index in [-0.39, 0.29) is 16.0 Å². The first-order valence-corrected chi connectivity index (χ1v) is 11.8. The molecule has 0 aliphatic rings. The highest BCUT2D eigenvalue weighted by Crippen LogP contribution is 2.21. The lowest BCUT2D eigenvalue weighted by Crippen LogP contribution is -2.26. The van der Waals surface area contributed by atoms with Gasteiger partial charge in [0.25, 0.3) is 15.9 Å². The van der Waals surface area contributed by atoms with E-state index in [0.29, 0.717) is 22.1 Å². The molecule has 2 N–H and O–H groups in total. The fourth-order valence-electron chi connectivity index (χ4n) is 2.02. The van der Waals surface area contributed by atoms with E-state index in [0.717, 1.165) is 17.1 Å². The van der Waals surface area contributed by atoms with Gasteiger partial charge in [-0.3, -0.25) is 10.1 Å². The van der Waals surface area contributed by atoms with Crippen LogP contribution in [0.25, 0.3) is 0 Å². The van der Waals surface area contributed by atoms with Crippen LogP contribution in [0.4, 0.5) is 5.13 Å². The molecule has 3 rings (SSSR count). The van der Waals surface area contributed by atoms with Crippen LogP contribution in [0.1, 0.15) is 16.1 Å². The summed E-state index contributed by atoms with van der Waals surface area (Å²) in [5.74, 6) is 1.63. The molecule has 0 aliphatic carbocycles. The van der Waals surface area contributed by atoms with Crippen LogP contribution < -0.4 is 10.0 Å². The van der Waals surface area contributed by atoms with Gasteiger partial charge in [0.2, 0.25) is 9.47 Å². The molecular weight excluding hydrogens is 444 g/mol. The number of rotatable bonds is 9. The molecule has 3 aromatic rings. The van der Waals surface area contributed by atoms with E-state index in [1.165, 1.54) is 11.8 Å². The van der Waals surface area contributed by atoms with Gasteiger partial charge in [0.1, 0.15) is 5.76 Å². The zero-order valence-electron chi connectivity index (χ0n) is 14.3. The van der Waals surface area contributed by atoms with Gasteiger partial charge in [-0.15, -0.1) is 10.2 Å². The number of aromatic nitrogens is 2. The number of hydrogen-bond acceptors (Lipinski definition) is 8. The van der Waals surface area contributed by atoms with Crippen LogP contribution in [-0.4, -0.2) is 36.8 Å². The van der Waals surface area contributed by atoms with Gasteiger partial charge in [0, 0.05) is 22.9 Å². The summed E-state index contributed by atoms with van der Waals surface area (Å²) in [6.45, 7) is 0.236. The van der Waals surface area contributed by atoms with E-state index in [1.54, 1.807) is 36.6 Å². The molecular formula is C16H15ClN4O4S3. The van der Waals surface area contributed by atoms with Crippen LogP contribution in [0.15, 0.2) is 51.4 Å². The lowest BCUT2D eigenvalue weighted by Gasteiger charge is -2.03. The average molecular weight is 459 g/mol. The van der Waals surface area contributed by atoms with Crippen LogP contribution in [0.2, 0.25) is 5.02 Å². The summed E-state index contributed by atoms with van der Waals surface area (Å²) in [6, 6.07) is 9.94. The number of benzene rings is 1. The van der Waals surface area contributed by atoms with Crippen molar-refractivity contribution >= 4 is 55.8 Å². The summed E-state index contributed by atoms with van der Waals surface area (Å²) in [5.41, 5.74) is 0.371. The van der Waals surface area contributed by atoms with Crippen molar-refractivity contribution in [3.8, 4) is 0 Å². The molecule has 0 unspecified atom stereocenters. The predicted octanol–water partition coefficient (Wildman–Crippen LogP) is 3.25. The minimum absolute atomic E-state index is 0.0903. The van der Waals surface area contributed by atoms with Crippen molar-refractivity contribution < 1.29 is 17.6 Å². The smallest absolute Gasteiger partial charge is 0.269 e. The Labute approximate surface area is 174 Å². The molecule has 0 spiro atoms. The maximum Gasteiger partial charge on any atom is 0.269 e. The van der Waals surface area contributed by atoms with Gasteiger partial charge in [-0.25, -0.2) is 13.1 Å². The van der Waals surface area contributed by atoms with E-state index >= 15 is 0 Å². The number of halogens is 1. The topological polar surface area (TPSA) is 114 Å². The zero-order valence-corrected chi connectivity index (χ0v) is 17.5. The highest BCUT2D eigenvalue weighted by molar-refractivity contribution is 7.98.